The van der Waals surface area contributed by atoms with E-state index >= 15 is 0 Å². The second-order valence-corrected chi connectivity index (χ2v) is 3.48. The van der Waals surface area contributed by atoms with Crippen LogP contribution in [-0.2, 0) is 4.79 Å². The van der Waals surface area contributed by atoms with Gasteiger partial charge >= 0.3 is 5.97 Å². The molecule has 1 N–H and O–H groups in total. The predicted molar refractivity (Wildman–Crippen MR) is 38.6 cm³/mol. The van der Waals surface area contributed by atoms with Crippen LogP contribution in [0, 0.1) is 17.3 Å². The summed E-state index contributed by atoms with van der Waals surface area (Å²) in [5, 5.41) is 8.63. The van der Waals surface area contributed by atoms with Crippen LogP contribution in [0.4, 0.5) is 4.39 Å². The smallest absolute Gasteiger partial charge is 0.307 e. The molecule has 11 heavy (non-hydrogen) atoms. The first-order valence-corrected chi connectivity index (χ1v) is 3.51. The zero-order valence-corrected chi connectivity index (χ0v) is 6.54. The van der Waals surface area contributed by atoms with Gasteiger partial charge in [-0.25, -0.2) is 4.39 Å². The summed E-state index contributed by atoms with van der Waals surface area (Å²) >= 11 is 0. The van der Waals surface area contributed by atoms with E-state index in [0.29, 0.717) is 6.33 Å². The summed E-state index contributed by atoms with van der Waals surface area (Å²) in [5.74, 6) is -1.38. The molecule has 0 radical (unpaired) electrons. The Kier molecular flexibility index (Phi) is 1.74. The number of carboxylic acid groups (broad SMARTS) is 1. The molecule has 0 spiro atoms. The molecule has 1 aliphatic rings. The van der Waals surface area contributed by atoms with Crippen molar-refractivity contribution >= 4 is 5.97 Å². The number of carboxylic acids is 1. The molecule has 0 amide bonds. The number of carbonyl (C=O) groups is 1. The van der Waals surface area contributed by atoms with Crippen LogP contribution in [0.2, 0.25) is 0 Å². The van der Waals surface area contributed by atoms with Crippen LogP contribution < -0.4 is 0 Å². The Labute approximate surface area is 64.7 Å². The van der Waals surface area contributed by atoms with Gasteiger partial charge in [0.2, 0.25) is 0 Å². The molecule has 62 valence electrons. The normalized spacial score (nSPS) is 34.1. The molecule has 1 saturated carbocycles. The van der Waals surface area contributed by atoms with Gasteiger partial charge in [0.15, 0.2) is 0 Å². The maximum atomic E-state index is 11.7. The molecule has 0 aromatic carbocycles. The minimum Gasteiger partial charge on any atom is -0.481 e. The molecule has 1 fully saturated rings. The molecule has 0 aliphatic heterocycles. The quantitative estimate of drug-likeness (QED) is 0.665. The third-order valence-corrected chi connectivity index (χ3v) is 2.46. The molecular weight excluding hydrogens is 147 g/mol. The molecular formula is C8H11FO2. The largest absolute Gasteiger partial charge is 0.481 e. The van der Waals surface area contributed by atoms with E-state index in [2.05, 4.69) is 0 Å². The van der Waals surface area contributed by atoms with Gasteiger partial charge in [-0.2, -0.15) is 0 Å². The zero-order chi connectivity index (χ0) is 8.65. The van der Waals surface area contributed by atoms with E-state index < -0.39 is 11.9 Å². The monoisotopic (exact) mass is 158 g/mol. The lowest BCUT2D eigenvalue weighted by Gasteiger charge is -1.95. The summed E-state index contributed by atoms with van der Waals surface area (Å²) in [6.45, 7) is 3.66. The summed E-state index contributed by atoms with van der Waals surface area (Å²) in [7, 11) is 0. The highest BCUT2D eigenvalue weighted by Gasteiger charge is 2.60. The fourth-order valence-electron chi connectivity index (χ4n) is 1.59. The van der Waals surface area contributed by atoms with Crippen molar-refractivity contribution in [3.05, 3.63) is 12.4 Å². The van der Waals surface area contributed by atoms with Crippen LogP contribution >= 0.6 is 0 Å². The zero-order valence-electron chi connectivity index (χ0n) is 6.54. The van der Waals surface area contributed by atoms with Crippen LogP contribution in [0.1, 0.15) is 13.8 Å². The number of hydrogen-bond acceptors (Lipinski definition) is 1. The first-order valence-electron chi connectivity index (χ1n) is 3.51. The first kappa shape index (κ1) is 8.24. The van der Waals surface area contributed by atoms with E-state index in [0.717, 1.165) is 0 Å². The van der Waals surface area contributed by atoms with Gasteiger partial charge in [0.05, 0.1) is 12.2 Å². The molecule has 0 saturated heterocycles. The first-order chi connectivity index (χ1) is 5.01. The fourth-order valence-corrected chi connectivity index (χ4v) is 1.59. The third kappa shape index (κ3) is 1.15. The highest BCUT2D eigenvalue weighted by molar-refractivity contribution is 5.76. The molecule has 1 aliphatic carbocycles. The van der Waals surface area contributed by atoms with Gasteiger partial charge in [-0.3, -0.25) is 4.79 Å². The third-order valence-electron chi connectivity index (χ3n) is 2.46. The van der Waals surface area contributed by atoms with Gasteiger partial charge in [0.1, 0.15) is 0 Å². The highest BCUT2D eigenvalue weighted by atomic mass is 19.1. The van der Waals surface area contributed by atoms with Crippen molar-refractivity contribution in [3.63, 3.8) is 0 Å². The Morgan fingerprint density at radius 1 is 1.64 bits per heavy atom. The summed E-state index contributed by atoms with van der Waals surface area (Å²) in [4.78, 5) is 10.5. The molecule has 3 heteroatoms. The summed E-state index contributed by atoms with van der Waals surface area (Å²) in [6, 6.07) is 0. The van der Waals surface area contributed by atoms with E-state index in [-0.39, 0.29) is 11.3 Å². The summed E-state index contributed by atoms with van der Waals surface area (Å²) in [5.41, 5.74) is -0.269. The average Bonchev–Trinajstić information content (AvgIpc) is 2.35. The van der Waals surface area contributed by atoms with Gasteiger partial charge < -0.3 is 5.11 Å². The molecule has 0 aromatic rings. The van der Waals surface area contributed by atoms with Crippen LogP contribution in [-0.4, -0.2) is 11.1 Å². The number of halogens is 1. The second kappa shape index (κ2) is 2.32. The van der Waals surface area contributed by atoms with E-state index in [1.54, 1.807) is 0 Å². The van der Waals surface area contributed by atoms with Gasteiger partial charge in [-0.1, -0.05) is 19.9 Å². The summed E-state index contributed by atoms with van der Waals surface area (Å²) < 4.78 is 11.7. The van der Waals surface area contributed by atoms with Crippen LogP contribution in [0.5, 0.6) is 0 Å². The van der Waals surface area contributed by atoms with Crippen molar-refractivity contribution in [3.8, 4) is 0 Å². The molecule has 2 unspecified atom stereocenters. The Morgan fingerprint density at radius 2 is 2.18 bits per heavy atom. The second-order valence-electron chi connectivity index (χ2n) is 3.48. The Bertz CT molecular complexity index is 208. The van der Waals surface area contributed by atoms with Crippen LogP contribution in [0.25, 0.3) is 0 Å². The summed E-state index contributed by atoms with van der Waals surface area (Å²) in [6.07, 6.45) is 1.74. The van der Waals surface area contributed by atoms with Crippen LogP contribution in [0.3, 0.4) is 0 Å². The maximum Gasteiger partial charge on any atom is 0.307 e. The standard InChI is InChI=1S/C8H11FO2/c1-8(2)5(3-4-9)6(8)7(10)11/h3-6H,1-2H3,(H,10,11). The number of rotatable bonds is 2. The molecule has 0 bridgehead atoms. The Morgan fingerprint density at radius 3 is 2.45 bits per heavy atom. The lowest BCUT2D eigenvalue weighted by Crippen LogP contribution is -2.02. The van der Waals surface area contributed by atoms with Crippen LogP contribution in [0.15, 0.2) is 12.4 Å². The average molecular weight is 158 g/mol. The Hall–Kier alpha value is -0.860. The topological polar surface area (TPSA) is 37.3 Å². The van der Waals surface area contributed by atoms with Crippen molar-refractivity contribution in [1.29, 1.82) is 0 Å². The highest BCUT2D eigenvalue weighted by Crippen LogP contribution is 2.58. The Balaban J connectivity index is 2.68. The van der Waals surface area contributed by atoms with E-state index in [4.69, 9.17) is 5.11 Å². The maximum absolute atomic E-state index is 11.7. The van der Waals surface area contributed by atoms with Gasteiger partial charge in [0.25, 0.3) is 0 Å². The minimum absolute atomic E-state index is 0.134. The van der Waals surface area contributed by atoms with Gasteiger partial charge in [0, 0.05) is 0 Å². The fraction of sp³-hybridized carbons (Fsp3) is 0.625. The van der Waals surface area contributed by atoms with Gasteiger partial charge in [-0.05, 0) is 11.3 Å². The van der Waals surface area contributed by atoms with Crippen molar-refractivity contribution in [1.82, 2.24) is 0 Å². The van der Waals surface area contributed by atoms with Crippen molar-refractivity contribution in [2.24, 2.45) is 17.3 Å². The SMILES string of the molecule is CC1(C)C(C=CF)C1C(=O)O. The molecule has 0 heterocycles. The van der Waals surface area contributed by atoms with Crippen molar-refractivity contribution in [2.75, 3.05) is 0 Å². The minimum atomic E-state index is -0.835. The molecule has 2 atom stereocenters. The lowest BCUT2D eigenvalue weighted by atomic mass is 10.1. The lowest BCUT2D eigenvalue weighted by molar-refractivity contribution is -0.139. The van der Waals surface area contributed by atoms with E-state index in [1.807, 2.05) is 13.8 Å². The number of hydrogen-bond donors (Lipinski definition) is 1. The predicted octanol–water partition coefficient (Wildman–Crippen LogP) is 1.83. The number of allylic oxidation sites excluding steroid dienone is 1. The van der Waals surface area contributed by atoms with E-state index in [1.165, 1.54) is 6.08 Å². The van der Waals surface area contributed by atoms with Crippen molar-refractivity contribution < 1.29 is 14.3 Å². The molecule has 1 rings (SSSR count). The molecule has 2 nitrogen and oxygen atoms in total. The van der Waals surface area contributed by atoms with E-state index in [9.17, 15) is 9.18 Å². The molecule has 0 aromatic heterocycles. The number of aliphatic carboxylic acids is 1. The van der Waals surface area contributed by atoms with Crippen molar-refractivity contribution in [2.45, 2.75) is 13.8 Å². The van der Waals surface area contributed by atoms with Gasteiger partial charge in [-0.15, -0.1) is 0 Å².